The highest BCUT2D eigenvalue weighted by Gasteiger charge is 2.25. The summed E-state index contributed by atoms with van der Waals surface area (Å²) in [5.74, 6) is 0.747. The van der Waals surface area contributed by atoms with Crippen LogP contribution in [0, 0.1) is 5.92 Å². The van der Waals surface area contributed by atoms with Crippen molar-refractivity contribution in [3.8, 4) is 0 Å². The summed E-state index contributed by atoms with van der Waals surface area (Å²) < 4.78 is 0. The second-order valence-electron chi connectivity index (χ2n) is 6.64. The lowest BCUT2D eigenvalue weighted by atomic mass is 9.95. The number of likely N-dealkylation sites (tertiary alicyclic amines) is 1. The summed E-state index contributed by atoms with van der Waals surface area (Å²) in [6, 6.07) is 18.4. The first-order valence-corrected chi connectivity index (χ1v) is 8.83. The molecule has 1 saturated heterocycles. The van der Waals surface area contributed by atoms with Gasteiger partial charge in [-0.05, 0) is 56.0 Å². The standard InChI is InChI=1S/C21H26N2O/c1-22-15-18-10-7-13-23(16-18)21(24)20-12-6-5-11-19(20)14-17-8-3-2-4-9-17/h2-6,8-9,11-12,18,22H,7,10,13-16H2,1H3/t18-/m0/s1. The van der Waals surface area contributed by atoms with Gasteiger partial charge < -0.3 is 10.2 Å². The fraction of sp³-hybridized carbons (Fsp3) is 0.381. The van der Waals surface area contributed by atoms with Crippen LogP contribution in [-0.4, -0.2) is 37.5 Å². The van der Waals surface area contributed by atoms with Crippen LogP contribution in [0.15, 0.2) is 54.6 Å². The maximum Gasteiger partial charge on any atom is 0.254 e. The number of hydrogen-bond donors (Lipinski definition) is 1. The van der Waals surface area contributed by atoms with E-state index in [0.29, 0.717) is 5.92 Å². The van der Waals surface area contributed by atoms with Gasteiger partial charge in [-0.15, -0.1) is 0 Å². The largest absolute Gasteiger partial charge is 0.338 e. The summed E-state index contributed by atoms with van der Waals surface area (Å²) in [6.07, 6.45) is 3.10. The molecule has 1 aliphatic rings. The van der Waals surface area contributed by atoms with Gasteiger partial charge in [0.2, 0.25) is 0 Å². The molecule has 0 radical (unpaired) electrons. The Morgan fingerprint density at radius 3 is 2.67 bits per heavy atom. The van der Waals surface area contributed by atoms with Crippen molar-refractivity contribution in [2.75, 3.05) is 26.7 Å². The molecule has 0 aliphatic carbocycles. The lowest BCUT2D eigenvalue weighted by Crippen LogP contribution is -2.42. The van der Waals surface area contributed by atoms with E-state index < -0.39 is 0 Å². The third kappa shape index (κ3) is 4.04. The summed E-state index contributed by atoms with van der Waals surface area (Å²) in [7, 11) is 1.98. The van der Waals surface area contributed by atoms with E-state index in [-0.39, 0.29) is 5.91 Å². The molecule has 0 bridgehead atoms. The van der Waals surface area contributed by atoms with Crippen LogP contribution < -0.4 is 5.32 Å². The predicted octanol–water partition coefficient (Wildman–Crippen LogP) is 3.35. The molecule has 1 aliphatic heterocycles. The van der Waals surface area contributed by atoms with Crippen LogP contribution in [0.3, 0.4) is 0 Å². The van der Waals surface area contributed by atoms with Crippen LogP contribution >= 0.6 is 0 Å². The minimum absolute atomic E-state index is 0.183. The highest BCUT2D eigenvalue weighted by Crippen LogP contribution is 2.21. The maximum absolute atomic E-state index is 13.1. The summed E-state index contributed by atoms with van der Waals surface area (Å²) in [6.45, 7) is 2.72. The molecule has 2 aromatic rings. The lowest BCUT2D eigenvalue weighted by Gasteiger charge is -2.33. The van der Waals surface area contributed by atoms with Crippen LogP contribution in [0.1, 0.15) is 34.3 Å². The van der Waals surface area contributed by atoms with E-state index in [4.69, 9.17) is 0 Å². The zero-order valence-electron chi connectivity index (χ0n) is 14.4. The Labute approximate surface area is 144 Å². The molecule has 3 rings (SSSR count). The number of carbonyl (C=O) groups is 1. The normalized spacial score (nSPS) is 17.7. The smallest absolute Gasteiger partial charge is 0.254 e. The molecule has 126 valence electrons. The van der Waals surface area contributed by atoms with Crippen LogP contribution in [0.4, 0.5) is 0 Å². The van der Waals surface area contributed by atoms with Gasteiger partial charge in [0.25, 0.3) is 5.91 Å². The molecule has 0 aromatic heterocycles. The molecule has 3 nitrogen and oxygen atoms in total. The first-order valence-electron chi connectivity index (χ1n) is 8.83. The van der Waals surface area contributed by atoms with Gasteiger partial charge >= 0.3 is 0 Å². The number of benzene rings is 2. The summed E-state index contributed by atoms with van der Waals surface area (Å²) in [4.78, 5) is 15.1. The SMILES string of the molecule is CNC[C@@H]1CCCN(C(=O)c2ccccc2Cc2ccccc2)C1. The molecular weight excluding hydrogens is 296 g/mol. The Morgan fingerprint density at radius 1 is 1.12 bits per heavy atom. The molecule has 1 fully saturated rings. The van der Waals surface area contributed by atoms with Gasteiger partial charge in [0, 0.05) is 18.7 Å². The fourth-order valence-corrected chi connectivity index (χ4v) is 3.57. The maximum atomic E-state index is 13.1. The molecule has 0 unspecified atom stereocenters. The number of rotatable bonds is 5. The van der Waals surface area contributed by atoms with Crippen LogP contribution in [0.25, 0.3) is 0 Å². The zero-order chi connectivity index (χ0) is 16.8. The van der Waals surface area contributed by atoms with Crippen molar-refractivity contribution in [2.24, 2.45) is 5.92 Å². The van der Waals surface area contributed by atoms with Crippen molar-refractivity contribution >= 4 is 5.91 Å². The number of piperidine rings is 1. The number of amides is 1. The van der Waals surface area contributed by atoms with Crippen molar-refractivity contribution in [2.45, 2.75) is 19.3 Å². The topological polar surface area (TPSA) is 32.3 Å². The highest BCUT2D eigenvalue weighted by molar-refractivity contribution is 5.95. The molecule has 0 saturated carbocycles. The van der Waals surface area contributed by atoms with Crippen LogP contribution in [-0.2, 0) is 6.42 Å². The first-order chi connectivity index (χ1) is 11.8. The van der Waals surface area contributed by atoms with E-state index in [0.717, 1.165) is 43.6 Å². The van der Waals surface area contributed by atoms with Gasteiger partial charge in [0.1, 0.15) is 0 Å². The van der Waals surface area contributed by atoms with E-state index in [1.807, 2.05) is 48.3 Å². The Morgan fingerprint density at radius 2 is 1.88 bits per heavy atom. The zero-order valence-corrected chi connectivity index (χ0v) is 14.4. The van der Waals surface area contributed by atoms with Crippen molar-refractivity contribution in [3.05, 3.63) is 71.3 Å². The Kier molecular flexibility index (Phi) is 5.65. The number of hydrogen-bond acceptors (Lipinski definition) is 2. The van der Waals surface area contributed by atoms with Gasteiger partial charge in [-0.3, -0.25) is 4.79 Å². The highest BCUT2D eigenvalue weighted by atomic mass is 16.2. The lowest BCUT2D eigenvalue weighted by molar-refractivity contribution is 0.0673. The second kappa shape index (κ2) is 8.11. The molecule has 1 N–H and O–H groups in total. The third-order valence-corrected chi connectivity index (χ3v) is 4.78. The van der Waals surface area contributed by atoms with E-state index in [1.165, 1.54) is 12.0 Å². The Balaban J connectivity index is 1.77. The molecule has 2 aromatic carbocycles. The van der Waals surface area contributed by atoms with Gasteiger partial charge in [-0.1, -0.05) is 48.5 Å². The van der Waals surface area contributed by atoms with Crippen molar-refractivity contribution < 1.29 is 4.79 Å². The first kappa shape index (κ1) is 16.7. The Bertz CT molecular complexity index is 667. The quantitative estimate of drug-likeness (QED) is 0.915. The Hall–Kier alpha value is -2.13. The van der Waals surface area contributed by atoms with Crippen LogP contribution in [0.2, 0.25) is 0 Å². The number of carbonyl (C=O) groups excluding carboxylic acids is 1. The van der Waals surface area contributed by atoms with Gasteiger partial charge in [-0.2, -0.15) is 0 Å². The van der Waals surface area contributed by atoms with E-state index in [2.05, 4.69) is 23.5 Å². The summed E-state index contributed by atoms with van der Waals surface area (Å²) in [5.41, 5.74) is 3.21. The van der Waals surface area contributed by atoms with Crippen molar-refractivity contribution in [1.82, 2.24) is 10.2 Å². The number of nitrogens with one attached hydrogen (secondary N) is 1. The third-order valence-electron chi connectivity index (χ3n) is 4.78. The van der Waals surface area contributed by atoms with E-state index >= 15 is 0 Å². The summed E-state index contributed by atoms with van der Waals surface area (Å²) in [5, 5.41) is 3.24. The molecule has 1 heterocycles. The average molecular weight is 322 g/mol. The van der Waals surface area contributed by atoms with Gasteiger partial charge in [-0.25, -0.2) is 0 Å². The van der Waals surface area contributed by atoms with Crippen LogP contribution in [0.5, 0.6) is 0 Å². The minimum atomic E-state index is 0.183. The molecule has 24 heavy (non-hydrogen) atoms. The molecule has 0 spiro atoms. The minimum Gasteiger partial charge on any atom is -0.338 e. The monoisotopic (exact) mass is 322 g/mol. The molecule has 3 heteroatoms. The summed E-state index contributed by atoms with van der Waals surface area (Å²) >= 11 is 0. The van der Waals surface area contributed by atoms with Gasteiger partial charge in [0.15, 0.2) is 0 Å². The van der Waals surface area contributed by atoms with E-state index in [1.54, 1.807) is 0 Å². The molecule has 1 amide bonds. The average Bonchev–Trinajstić information content (AvgIpc) is 2.63. The van der Waals surface area contributed by atoms with Crippen molar-refractivity contribution in [1.29, 1.82) is 0 Å². The van der Waals surface area contributed by atoms with E-state index in [9.17, 15) is 4.79 Å². The fourth-order valence-electron chi connectivity index (χ4n) is 3.57. The second-order valence-corrected chi connectivity index (χ2v) is 6.64. The molecule has 1 atom stereocenters. The number of nitrogens with zero attached hydrogens (tertiary/aromatic N) is 1. The molecular formula is C21H26N2O. The predicted molar refractivity (Wildman–Crippen MR) is 98.2 cm³/mol. The van der Waals surface area contributed by atoms with Gasteiger partial charge in [0.05, 0.1) is 0 Å². The van der Waals surface area contributed by atoms with Crippen molar-refractivity contribution in [3.63, 3.8) is 0 Å².